The van der Waals surface area contributed by atoms with Crippen LogP contribution in [0.2, 0.25) is 0 Å². The summed E-state index contributed by atoms with van der Waals surface area (Å²) in [6, 6.07) is 16.5. The molecule has 4 nitrogen and oxygen atoms in total. The van der Waals surface area contributed by atoms with Gasteiger partial charge >= 0.3 is 0 Å². The number of nitrogens with zero attached hydrogens (tertiary/aromatic N) is 1. The summed E-state index contributed by atoms with van der Waals surface area (Å²) in [6.07, 6.45) is 0. The largest absolute Gasteiger partial charge is 0.497 e. The maximum absolute atomic E-state index is 12.8. The lowest BCUT2D eigenvalue weighted by atomic mass is 10.1. The van der Waals surface area contributed by atoms with E-state index in [9.17, 15) is 8.42 Å². The van der Waals surface area contributed by atoms with Crippen LogP contribution >= 0.6 is 11.8 Å². The minimum atomic E-state index is -3.42. The predicted molar refractivity (Wildman–Crippen MR) is 93.4 cm³/mol. The van der Waals surface area contributed by atoms with E-state index < -0.39 is 10.0 Å². The SMILES string of the molecule is COc1ccc(C2CN(S(=O)(=O)c3ccccc3)CCS2)cc1. The van der Waals surface area contributed by atoms with Gasteiger partial charge < -0.3 is 4.74 Å². The van der Waals surface area contributed by atoms with Gasteiger partial charge in [0.05, 0.1) is 12.0 Å². The molecule has 0 N–H and O–H groups in total. The van der Waals surface area contributed by atoms with E-state index >= 15 is 0 Å². The molecule has 2 aromatic carbocycles. The molecule has 23 heavy (non-hydrogen) atoms. The fourth-order valence-electron chi connectivity index (χ4n) is 2.61. The highest BCUT2D eigenvalue weighted by atomic mass is 32.2. The van der Waals surface area contributed by atoms with Crippen LogP contribution in [0.1, 0.15) is 10.8 Å². The fourth-order valence-corrected chi connectivity index (χ4v) is 5.54. The van der Waals surface area contributed by atoms with Gasteiger partial charge in [-0.3, -0.25) is 0 Å². The van der Waals surface area contributed by atoms with E-state index in [0.717, 1.165) is 17.1 Å². The lowest BCUT2D eigenvalue weighted by Gasteiger charge is -2.31. The molecule has 0 aromatic heterocycles. The van der Waals surface area contributed by atoms with Crippen molar-refractivity contribution in [2.24, 2.45) is 0 Å². The van der Waals surface area contributed by atoms with Gasteiger partial charge in [-0.1, -0.05) is 30.3 Å². The third kappa shape index (κ3) is 3.54. The van der Waals surface area contributed by atoms with Crippen molar-refractivity contribution in [2.45, 2.75) is 10.1 Å². The van der Waals surface area contributed by atoms with Crippen LogP contribution in [0, 0.1) is 0 Å². The Morgan fingerprint density at radius 1 is 1.09 bits per heavy atom. The molecule has 1 saturated heterocycles. The highest BCUT2D eigenvalue weighted by Gasteiger charge is 2.31. The van der Waals surface area contributed by atoms with Crippen molar-refractivity contribution >= 4 is 21.8 Å². The second kappa shape index (κ2) is 6.95. The Hall–Kier alpha value is -1.50. The van der Waals surface area contributed by atoms with Crippen molar-refractivity contribution in [2.75, 3.05) is 26.0 Å². The summed E-state index contributed by atoms with van der Waals surface area (Å²) in [5.41, 5.74) is 1.13. The fraction of sp³-hybridized carbons (Fsp3) is 0.294. The van der Waals surface area contributed by atoms with Gasteiger partial charge in [0.2, 0.25) is 10.0 Å². The number of rotatable bonds is 4. The first-order chi connectivity index (χ1) is 11.1. The Kier molecular flexibility index (Phi) is 4.94. The highest BCUT2D eigenvalue weighted by Crippen LogP contribution is 2.35. The molecule has 0 radical (unpaired) electrons. The van der Waals surface area contributed by atoms with Gasteiger partial charge in [0, 0.05) is 24.1 Å². The molecule has 0 spiro atoms. The molecule has 1 unspecified atom stereocenters. The maximum Gasteiger partial charge on any atom is 0.243 e. The first-order valence-electron chi connectivity index (χ1n) is 7.42. The van der Waals surface area contributed by atoms with E-state index in [0.29, 0.717) is 18.0 Å². The normalized spacial score (nSPS) is 19.4. The second-order valence-corrected chi connectivity index (χ2v) is 8.56. The predicted octanol–water partition coefficient (Wildman–Crippen LogP) is 3.17. The number of sulfonamides is 1. The number of hydrogen-bond donors (Lipinski definition) is 0. The standard InChI is InChI=1S/C17H19NO3S2/c1-21-15-9-7-14(8-10-15)17-13-18(11-12-22-17)23(19,20)16-5-3-2-4-6-16/h2-10,17H,11-13H2,1H3. The van der Waals surface area contributed by atoms with E-state index in [-0.39, 0.29) is 5.25 Å². The number of benzene rings is 2. The molecule has 3 rings (SSSR count). The number of hydrogen-bond acceptors (Lipinski definition) is 4. The van der Waals surface area contributed by atoms with E-state index in [2.05, 4.69) is 0 Å². The molecule has 1 aliphatic heterocycles. The Morgan fingerprint density at radius 3 is 2.43 bits per heavy atom. The Labute approximate surface area is 141 Å². The third-order valence-corrected chi connectivity index (χ3v) is 7.02. The van der Waals surface area contributed by atoms with Crippen LogP contribution in [0.15, 0.2) is 59.5 Å². The van der Waals surface area contributed by atoms with Crippen LogP contribution in [0.25, 0.3) is 0 Å². The topological polar surface area (TPSA) is 46.6 Å². The highest BCUT2D eigenvalue weighted by molar-refractivity contribution is 7.99. The third-order valence-electron chi connectivity index (χ3n) is 3.90. The van der Waals surface area contributed by atoms with Crippen LogP contribution in [0.3, 0.4) is 0 Å². The number of thioether (sulfide) groups is 1. The van der Waals surface area contributed by atoms with Crippen LogP contribution in [0.5, 0.6) is 5.75 Å². The molecule has 0 aliphatic carbocycles. The monoisotopic (exact) mass is 349 g/mol. The van der Waals surface area contributed by atoms with Gasteiger partial charge in [-0.05, 0) is 29.8 Å². The molecule has 6 heteroatoms. The molecule has 1 fully saturated rings. The van der Waals surface area contributed by atoms with E-state index in [1.807, 2.05) is 30.3 Å². The molecule has 0 saturated carbocycles. The summed E-state index contributed by atoms with van der Waals surface area (Å²) in [5, 5.41) is 0.146. The van der Waals surface area contributed by atoms with Crippen LogP contribution < -0.4 is 4.74 Å². The van der Waals surface area contributed by atoms with Crippen molar-refractivity contribution in [1.29, 1.82) is 0 Å². The smallest absolute Gasteiger partial charge is 0.243 e. The van der Waals surface area contributed by atoms with Crippen molar-refractivity contribution in [1.82, 2.24) is 4.31 Å². The van der Waals surface area contributed by atoms with E-state index in [4.69, 9.17) is 4.74 Å². The first kappa shape index (κ1) is 16.4. The van der Waals surface area contributed by atoms with Gasteiger partial charge in [-0.25, -0.2) is 8.42 Å². The zero-order valence-electron chi connectivity index (χ0n) is 12.9. The van der Waals surface area contributed by atoms with Gasteiger partial charge in [0.25, 0.3) is 0 Å². The molecule has 1 heterocycles. The average molecular weight is 349 g/mol. The number of ether oxygens (including phenoxy) is 1. The minimum absolute atomic E-state index is 0.146. The maximum atomic E-state index is 12.8. The van der Waals surface area contributed by atoms with Crippen molar-refractivity contribution in [3.63, 3.8) is 0 Å². The van der Waals surface area contributed by atoms with Gasteiger partial charge in [0.15, 0.2) is 0 Å². The first-order valence-corrected chi connectivity index (χ1v) is 9.91. The molecule has 122 valence electrons. The zero-order chi connectivity index (χ0) is 16.3. The van der Waals surface area contributed by atoms with Crippen molar-refractivity contribution in [3.8, 4) is 5.75 Å². The Balaban J connectivity index is 1.80. The lowest BCUT2D eigenvalue weighted by Crippen LogP contribution is -2.39. The second-order valence-electron chi connectivity index (χ2n) is 5.31. The lowest BCUT2D eigenvalue weighted by molar-refractivity contribution is 0.413. The van der Waals surface area contributed by atoms with Gasteiger partial charge in [-0.15, -0.1) is 0 Å². The average Bonchev–Trinajstić information content (AvgIpc) is 2.62. The summed E-state index contributed by atoms with van der Waals surface area (Å²) in [5.74, 6) is 1.60. The summed E-state index contributed by atoms with van der Waals surface area (Å²) < 4.78 is 32.3. The Bertz CT molecular complexity index is 745. The number of methoxy groups -OCH3 is 1. The van der Waals surface area contributed by atoms with Crippen LogP contribution in [-0.4, -0.2) is 38.7 Å². The minimum Gasteiger partial charge on any atom is -0.497 e. The van der Waals surface area contributed by atoms with Crippen LogP contribution in [0.4, 0.5) is 0 Å². The van der Waals surface area contributed by atoms with Crippen molar-refractivity contribution < 1.29 is 13.2 Å². The quantitative estimate of drug-likeness (QED) is 0.851. The molecular weight excluding hydrogens is 330 g/mol. The molecule has 0 bridgehead atoms. The van der Waals surface area contributed by atoms with Crippen LogP contribution in [-0.2, 0) is 10.0 Å². The molecule has 1 aliphatic rings. The molecule has 2 aromatic rings. The molecule has 0 amide bonds. The summed E-state index contributed by atoms with van der Waals surface area (Å²) in [6.45, 7) is 1.04. The summed E-state index contributed by atoms with van der Waals surface area (Å²) in [7, 11) is -1.78. The molecular formula is C17H19NO3S2. The summed E-state index contributed by atoms with van der Waals surface area (Å²) in [4.78, 5) is 0.361. The molecule has 1 atom stereocenters. The van der Waals surface area contributed by atoms with Gasteiger partial charge in [-0.2, -0.15) is 16.1 Å². The zero-order valence-corrected chi connectivity index (χ0v) is 14.5. The van der Waals surface area contributed by atoms with E-state index in [1.165, 1.54) is 0 Å². The Morgan fingerprint density at radius 2 is 1.78 bits per heavy atom. The summed E-state index contributed by atoms with van der Waals surface area (Å²) >= 11 is 1.80. The van der Waals surface area contributed by atoms with E-state index in [1.54, 1.807) is 47.4 Å². The van der Waals surface area contributed by atoms with Crippen molar-refractivity contribution in [3.05, 3.63) is 60.2 Å². The van der Waals surface area contributed by atoms with Gasteiger partial charge in [0.1, 0.15) is 5.75 Å².